The molecule has 0 bridgehead atoms. The van der Waals surface area contributed by atoms with Crippen molar-refractivity contribution in [2.75, 3.05) is 5.75 Å². The van der Waals surface area contributed by atoms with Crippen LogP contribution in [0, 0.1) is 12.3 Å². The van der Waals surface area contributed by atoms with Crippen molar-refractivity contribution in [2.45, 2.75) is 38.0 Å². The van der Waals surface area contributed by atoms with E-state index in [-0.39, 0.29) is 22.8 Å². The van der Waals surface area contributed by atoms with E-state index < -0.39 is 12.0 Å². The Morgan fingerprint density at radius 1 is 1.50 bits per heavy atom. The highest BCUT2D eigenvalue weighted by molar-refractivity contribution is 8.01. The van der Waals surface area contributed by atoms with E-state index in [0.717, 1.165) is 0 Å². The summed E-state index contributed by atoms with van der Waals surface area (Å²) in [7, 11) is 0. The molecule has 0 saturated heterocycles. The maximum Gasteiger partial charge on any atom is 0.327 e. The lowest BCUT2D eigenvalue weighted by Crippen LogP contribution is -2.41. The fourth-order valence-electron chi connectivity index (χ4n) is 0.836. The highest BCUT2D eigenvalue weighted by Gasteiger charge is 2.20. The van der Waals surface area contributed by atoms with Crippen LogP contribution in [0.4, 0.5) is 0 Å². The second-order valence-corrected chi connectivity index (χ2v) is 6.07. The third-order valence-electron chi connectivity index (χ3n) is 1.59. The van der Waals surface area contributed by atoms with Crippen molar-refractivity contribution in [1.29, 1.82) is 0 Å². The summed E-state index contributed by atoms with van der Waals surface area (Å²) in [4.78, 5) is 22.1. The van der Waals surface area contributed by atoms with Gasteiger partial charge in [0.15, 0.2) is 0 Å². The SMILES string of the molecule is C#CCC(NC(=O)CSC(C)(C)C)C(=O)O. The van der Waals surface area contributed by atoms with Crippen molar-refractivity contribution in [3.8, 4) is 12.3 Å². The molecule has 5 heteroatoms. The van der Waals surface area contributed by atoms with Crippen molar-refractivity contribution in [1.82, 2.24) is 5.32 Å². The third-order valence-corrected chi connectivity index (χ3v) is 2.86. The Bertz CT molecular complexity index is 301. The lowest BCUT2D eigenvalue weighted by atomic mass is 10.2. The Labute approximate surface area is 100 Å². The molecule has 4 nitrogen and oxygen atoms in total. The van der Waals surface area contributed by atoms with Gasteiger partial charge >= 0.3 is 5.97 Å². The van der Waals surface area contributed by atoms with Crippen LogP contribution in [0.1, 0.15) is 27.2 Å². The zero-order valence-electron chi connectivity index (χ0n) is 9.74. The van der Waals surface area contributed by atoms with Gasteiger partial charge in [-0.3, -0.25) is 4.79 Å². The summed E-state index contributed by atoms with van der Waals surface area (Å²) in [6.45, 7) is 5.96. The highest BCUT2D eigenvalue weighted by Crippen LogP contribution is 2.22. The van der Waals surface area contributed by atoms with Crippen LogP contribution in [0.5, 0.6) is 0 Å². The van der Waals surface area contributed by atoms with E-state index in [1.54, 1.807) is 0 Å². The molecule has 0 aliphatic rings. The molecule has 0 rings (SSSR count). The zero-order chi connectivity index (χ0) is 12.8. The number of carboxylic acids is 1. The van der Waals surface area contributed by atoms with Gasteiger partial charge in [0, 0.05) is 11.2 Å². The Hall–Kier alpha value is -1.15. The average molecular weight is 243 g/mol. The van der Waals surface area contributed by atoms with E-state index in [2.05, 4.69) is 11.2 Å². The van der Waals surface area contributed by atoms with Crippen LogP contribution in [0.2, 0.25) is 0 Å². The Morgan fingerprint density at radius 3 is 2.44 bits per heavy atom. The maximum atomic E-state index is 11.4. The minimum Gasteiger partial charge on any atom is -0.480 e. The number of carbonyl (C=O) groups excluding carboxylic acids is 1. The van der Waals surface area contributed by atoms with Crippen molar-refractivity contribution >= 4 is 23.6 Å². The summed E-state index contributed by atoms with van der Waals surface area (Å²) in [5.41, 5.74) is 0. The monoisotopic (exact) mass is 243 g/mol. The molecule has 1 unspecified atom stereocenters. The Morgan fingerprint density at radius 2 is 2.06 bits per heavy atom. The number of hydrogen-bond donors (Lipinski definition) is 2. The topological polar surface area (TPSA) is 66.4 Å². The molecule has 0 aliphatic heterocycles. The number of aliphatic carboxylic acids is 1. The van der Waals surface area contributed by atoms with Crippen LogP contribution in [0.15, 0.2) is 0 Å². The molecule has 0 aromatic rings. The van der Waals surface area contributed by atoms with Gasteiger partial charge in [0.05, 0.1) is 5.75 Å². The highest BCUT2D eigenvalue weighted by atomic mass is 32.2. The summed E-state index contributed by atoms with van der Waals surface area (Å²) < 4.78 is -0.0256. The number of amides is 1. The fourth-order valence-corrected chi connectivity index (χ4v) is 1.48. The van der Waals surface area contributed by atoms with Gasteiger partial charge in [0.1, 0.15) is 6.04 Å². The molecular weight excluding hydrogens is 226 g/mol. The number of rotatable bonds is 5. The number of carboxylic acid groups (broad SMARTS) is 1. The van der Waals surface area contributed by atoms with Crippen molar-refractivity contribution in [3.63, 3.8) is 0 Å². The van der Waals surface area contributed by atoms with Gasteiger partial charge < -0.3 is 10.4 Å². The number of carbonyl (C=O) groups is 2. The van der Waals surface area contributed by atoms with E-state index in [9.17, 15) is 9.59 Å². The molecule has 0 radical (unpaired) electrons. The van der Waals surface area contributed by atoms with E-state index in [1.165, 1.54) is 11.8 Å². The molecule has 1 amide bonds. The molecule has 0 spiro atoms. The number of thioether (sulfide) groups is 1. The van der Waals surface area contributed by atoms with Gasteiger partial charge in [-0.1, -0.05) is 20.8 Å². The quantitative estimate of drug-likeness (QED) is 0.710. The number of nitrogens with one attached hydrogen (secondary N) is 1. The van der Waals surface area contributed by atoms with E-state index in [1.807, 2.05) is 20.8 Å². The predicted octanol–water partition coefficient (Wildman–Crippen LogP) is 1.11. The summed E-state index contributed by atoms with van der Waals surface area (Å²) in [6, 6.07) is -0.988. The van der Waals surface area contributed by atoms with Crippen molar-refractivity contribution < 1.29 is 14.7 Å². The molecule has 0 heterocycles. The molecule has 90 valence electrons. The first-order valence-electron chi connectivity index (χ1n) is 4.86. The number of hydrogen-bond acceptors (Lipinski definition) is 3. The maximum absolute atomic E-state index is 11.4. The number of terminal acetylenes is 1. The first kappa shape index (κ1) is 14.8. The van der Waals surface area contributed by atoms with Crippen molar-refractivity contribution in [3.05, 3.63) is 0 Å². The smallest absolute Gasteiger partial charge is 0.327 e. The largest absolute Gasteiger partial charge is 0.480 e. The summed E-state index contributed by atoms with van der Waals surface area (Å²) in [6.07, 6.45) is 5.02. The molecule has 0 fully saturated rings. The van der Waals surface area contributed by atoms with Crippen LogP contribution in [-0.2, 0) is 9.59 Å². The summed E-state index contributed by atoms with van der Waals surface area (Å²) in [5.74, 6) is 1.05. The van der Waals surface area contributed by atoms with Gasteiger partial charge in [-0.25, -0.2) is 4.79 Å². The molecular formula is C11H17NO3S. The van der Waals surface area contributed by atoms with E-state index >= 15 is 0 Å². The lowest BCUT2D eigenvalue weighted by molar-refractivity contribution is -0.141. The third kappa shape index (κ3) is 7.18. The summed E-state index contributed by atoms with van der Waals surface area (Å²) in [5, 5.41) is 11.2. The van der Waals surface area contributed by atoms with E-state index in [4.69, 9.17) is 11.5 Å². The molecule has 0 aromatic carbocycles. The average Bonchev–Trinajstić information content (AvgIpc) is 2.13. The minimum atomic E-state index is -1.10. The van der Waals surface area contributed by atoms with E-state index in [0.29, 0.717) is 0 Å². The molecule has 0 saturated carbocycles. The van der Waals surface area contributed by atoms with Gasteiger partial charge in [-0.2, -0.15) is 0 Å². The molecule has 0 aliphatic carbocycles. The zero-order valence-corrected chi connectivity index (χ0v) is 10.6. The van der Waals surface area contributed by atoms with Crippen LogP contribution >= 0.6 is 11.8 Å². The van der Waals surface area contributed by atoms with Crippen LogP contribution < -0.4 is 5.32 Å². The van der Waals surface area contributed by atoms with Gasteiger partial charge in [-0.15, -0.1) is 24.1 Å². The molecule has 2 N–H and O–H groups in total. The Balaban J connectivity index is 4.12. The normalized spacial score (nSPS) is 12.6. The molecule has 16 heavy (non-hydrogen) atoms. The van der Waals surface area contributed by atoms with Gasteiger partial charge in [-0.05, 0) is 0 Å². The van der Waals surface area contributed by atoms with Gasteiger partial charge in [0.25, 0.3) is 0 Å². The molecule has 1 atom stereocenters. The fraction of sp³-hybridized carbons (Fsp3) is 0.636. The summed E-state index contributed by atoms with van der Waals surface area (Å²) >= 11 is 1.46. The van der Waals surface area contributed by atoms with Crippen LogP contribution in [0.3, 0.4) is 0 Å². The van der Waals surface area contributed by atoms with Crippen LogP contribution in [0.25, 0.3) is 0 Å². The Kier molecular flexibility index (Phi) is 5.97. The lowest BCUT2D eigenvalue weighted by Gasteiger charge is -2.18. The predicted molar refractivity (Wildman–Crippen MR) is 65.2 cm³/mol. The first-order valence-corrected chi connectivity index (χ1v) is 5.84. The van der Waals surface area contributed by atoms with Crippen molar-refractivity contribution in [2.24, 2.45) is 0 Å². The standard InChI is InChI=1S/C11H17NO3S/c1-5-6-8(10(14)15)12-9(13)7-16-11(2,3)4/h1,8H,6-7H2,2-4H3,(H,12,13)(H,14,15). The second kappa shape index (κ2) is 6.44. The second-order valence-electron chi connectivity index (χ2n) is 4.27. The first-order chi connectivity index (χ1) is 7.26. The molecule has 0 aromatic heterocycles. The minimum absolute atomic E-state index is 0.00125. The van der Waals surface area contributed by atoms with Crippen LogP contribution in [-0.4, -0.2) is 33.5 Å². The van der Waals surface area contributed by atoms with Gasteiger partial charge in [0.2, 0.25) is 5.91 Å².